The van der Waals surface area contributed by atoms with Gasteiger partial charge in [-0.2, -0.15) is 0 Å². The molecule has 5 atom stereocenters. The number of hydrogen-bond donors (Lipinski definition) is 0. The van der Waals surface area contributed by atoms with E-state index in [0.717, 1.165) is 17.8 Å². The highest BCUT2D eigenvalue weighted by atomic mass is 32.2. The van der Waals surface area contributed by atoms with E-state index in [1.54, 1.807) is 23.5 Å². The summed E-state index contributed by atoms with van der Waals surface area (Å²) in [5.41, 5.74) is 0. The van der Waals surface area contributed by atoms with Crippen LogP contribution in [-0.4, -0.2) is 14.9 Å². The summed E-state index contributed by atoms with van der Waals surface area (Å²) in [5.74, 6) is 2.71. The largest absolute Gasteiger partial charge is 0.274 e. The van der Waals surface area contributed by atoms with Crippen molar-refractivity contribution in [1.82, 2.24) is 0 Å². The Balaban J connectivity index is 0.000000457. The van der Waals surface area contributed by atoms with Gasteiger partial charge in [-0.25, -0.2) is 0 Å². The molecule has 2 bridgehead atoms. The lowest BCUT2D eigenvalue weighted by molar-refractivity contribution is 0.276. The summed E-state index contributed by atoms with van der Waals surface area (Å²) >= 11 is 3.30. The lowest BCUT2D eigenvalue weighted by Crippen LogP contribution is -2.29. The summed E-state index contributed by atoms with van der Waals surface area (Å²) in [6, 6.07) is 0. The average molecular weight is 258 g/mol. The summed E-state index contributed by atoms with van der Waals surface area (Å²) in [4.78, 5) is 11.4. The van der Waals surface area contributed by atoms with Gasteiger partial charge in [0.25, 0.3) is 0 Å². The molecule has 92 valence electrons. The van der Waals surface area contributed by atoms with Crippen molar-refractivity contribution in [3.63, 3.8) is 0 Å². The van der Waals surface area contributed by atoms with Gasteiger partial charge in [0.05, 0.1) is 0 Å². The van der Waals surface area contributed by atoms with Crippen LogP contribution in [0.15, 0.2) is 0 Å². The van der Waals surface area contributed by atoms with Gasteiger partial charge in [-0.3, -0.25) is 4.79 Å². The molecule has 3 aliphatic rings. The molecule has 3 rings (SSSR count). The van der Waals surface area contributed by atoms with Crippen LogP contribution in [-0.2, 0) is 0 Å². The Bertz CT molecular complexity index is 267. The smallest absolute Gasteiger partial charge is 0.246 e. The quantitative estimate of drug-likeness (QED) is 0.708. The molecule has 5 unspecified atom stereocenters. The third-order valence-corrected chi connectivity index (χ3v) is 7.12. The fourth-order valence-corrected chi connectivity index (χ4v) is 6.94. The molecule has 0 aromatic rings. The van der Waals surface area contributed by atoms with E-state index < -0.39 is 0 Å². The Kier molecular flexibility index (Phi) is 4.28. The van der Waals surface area contributed by atoms with Gasteiger partial charge in [-0.15, -0.1) is 0 Å². The first-order valence-electron chi connectivity index (χ1n) is 6.67. The summed E-state index contributed by atoms with van der Waals surface area (Å²) in [5, 5.41) is 1.40. The van der Waals surface area contributed by atoms with E-state index in [2.05, 4.69) is 6.92 Å². The Morgan fingerprint density at radius 2 is 1.88 bits per heavy atom. The standard InChI is InChI=1S/C11H16OS2.C2H6/c1-2-3-6-4-7-5-8(6)10-9(7)13-11(12)14-10;1-2/h6-10H,2-5H2,1H3;1-2H3. The zero-order chi connectivity index (χ0) is 11.7. The molecule has 16 heavy (non-hydrogen) atoms. The normalized spacial score (nSPS) is 44.2. The third kappa shape index (κ3) is 2.05. The molecule has 2 saturated carbocycles. The molecule has 2 aliphatic carbocycles. The summed E-state index contributed by atoms with van der Waals surface area (Å²) in [6.07, 6.45) is 5.55. The fourth-order valence-electron chi connectivity index (χ4n) is 3.65. The van der Waals surface area contributed by atoms with E-state index >= 15 is 0 Å². The van der Waals surface area contributed by atoms with Crippen molar-refractivity contribution in [3.8, 4) is 0 Å². The van der Waals surface area contributed by atoms with Gasteiger partial charge < -0.3 is 0 Å². The number of hydrogen-bond acceptors (Lipinski definition) is 3. The number of rotatable bonds is 2. The first kappa shape index (κ1) is 12.8. The van der Waals surface area contributed by atoms with E-state index in [1.165, 1.54) is 25.7 Å². The lowest BCUT2D eigenvalue weighted by Gasteiger charge is -2.29. The van der Waals surface area contributed by atoms with E-state index in [4.69, 9.17) is 0 Å². The maximum atomic E-state index is 11.4. The monoisotopic (exact) mass is 258 g/mol. The van der Waals surface area contributed by atoms with Crippen molar-refractivity contribution in [1.29, 1.82) is 0 Å². The van der Waals surface area contributed by atoms with Gasteiger partial charge in [0, 0.05) is 10.5 Å². The number of carbonyl (C=O) groups is 1. The second kappa shape index (κ2) is 5.34. The third-order valence-electron chi connectivity index (χ3n) is 4.12. The summed E-state index contributed by atoms with van der Waals surface area (Å²) in [6.45, 7) is 6.28. The van der Waals surface area contributed by atoms with Crippen LogP contribution in [0.3, 0.4) is 0 Å². The zero-order valence-electron chi connectivity index (χ0n) is 10.4. The predicted molar refractivity (Wildman–Crippen MR) is 74.1 cm³/mol. The van der Waals surface area contributed by atoms with Crippen molar-refractivity contribution < 1.29 is 4.79 Å². The van der Waals surface area contributed by atoms with E-state index in [1.807, 2.05) is 13.8 Å². The highest BCUT2D eigenvalue weighted by Gasteiger charge is 2.56. The van der Waals surface area contributed by atoms with Gasteiger partial charge in [-0.1, -0.05) is 57.1 Å². The molecule has 1 saturated heterocycles. The van der Waals surface area contributed by atoms with Gasteiger partial charge in [0.2, 0.25) is 4.45 Å². The first-order valence-corrected chi connectivity index (χ1v) is 8.42. The van der Waals surface area contributed by atoms with Crippen LogP contribution in [0.4, 0.5) is 4.79 Å². The first-order chi connectivity index (χ1) is 7.79. The predicted octanol–water partition coefficient (Wildman–Crippen LogP) is 4.81. The van der Waals surface area contributed by atoms with Crippen molar-refractivity contribution in [3.05, 3.63) is 0 Å². The molecule has 1 aliphatic heterocycles. The Morgan fingerprint density at radius 3 is 2.56 bits per heavy atom. The fraction of sp³-hybridized carbons (Fsp3) is 0.923. The minimum atomic E-state index is 0.395. The number of fused-ring (bicyclic) bond motifs is 5. The molecule has 0 N–H and O–H groups in total. The highest BCUT2D eigenvalue weighted by Crippen LogP contribution is 2.62. The molecule has 1 nitrogen and oxygen atoms in total. The van der Waals surface area contributed by atoms with Crippen LogP contribution in [0.5, 0.6) is 0 Å². The zero-order valence-corrected chi connectivity index (χ0v) is 12.1. The van der Waals surface area contributed by atoms with Crippen molar-refractivity contribution in [2.75, 3.05) is 0 Å². The second-order valence-corrected chi connectivity index (χ2v) is 7.42. The maximum Gasteiger partial charge on any atom is 0.246 e. The minimum absolute atomic E-state index is 0.395. The molecule has 1 heterocycles. The molecule has 3 fully saturated rings. The van der Waals surface area contributed by atoms with Crippen molar-refractivity contribution in [2.45, 2.75) is 57.0 Å². The van der Waals surface area contributed by atoms with Crippen molar-refractivity contribution in [2.24, 2.45) is 17.8 Å². The molecule has 3 heteroatoms. The summed E-state index contributed by atoms with van der Waals surface area (Å²) < 4.78 is 0.395. The number of carbonyl (C=O) groups excluding carboxylic acids is 1. The SMILES string of the molecule is CC.CCCC1CC2CC1C1SC(=O)SC21. The molecule has 0 aromatic heterocycles. The number of thioether (sulfide) groups is 2. The van der Waals surface area contributed by atoms with Gasteiger partial charge >= 0.3 is 0 Å². The highest BCUT2D eigenvalue weighted by molar-refractivity contribution is 8.41. The Morgan fingerprint density at radius 1 is 1.19 bits per heavy atom. The maximum absolute atomic E-state index is 11.4. The van der Waals surface area contributed by atoms with Gasteiger partial charge in [0.15, 0.2) is 0 Å². The average Bonchev–Trinajstić information content (AvgIpc) is 2.91. The molecular weight excluding hydrogens is 236 g/mol. The minimum Gasteiger partial charge on any atom is -0.274 e. The molecular formula is C13H22OS2. The topological polar surface area (TPSA) is 17.1 Å². The van der Waals surface area contributed by atoms with Crippen LogP contribution < -0.4 is 0 Å². The molecule has 0 spiro atoms. The van der Waals surface area contributed by atoms with Gasteiger partial charge in [0.1, 0.15) is 0 Å². The van der Waals surface area contributed by atoms with Crippen LogP contribution in [0.1, 0.15) is 46.5 Å². The summed E-state index contributed by atoms with van der Waals surface area (Å²) in [7, 11) is 0. The Labute approximate surface area is 108 Å². The van der Waals surface area contributed by atoms with Crippen LogP contribution in [0.25, 0.3) is 0 Å². The lowest BCUT2D eigenvalue weighted by atomic mass is 9.85. The molecule has 0 radical (unpaired) electrons. The molecule has 0 aromatic carbocycles. The van der Waals surface area contributed by atoms with Gasteiger partial charge in [-0.05, 0) is 30.6 Å². The van der Waals surface area contributed by atoms with E-state index in [9.17, 15) is 4.79 Å². The van der Waals surface area contributed by atoms with Crippen molar-refractivity contribution >= 4 is 28.0 Å². The van der Waals surface area contributed by atoms with Crippen LogP contribution >= 0.6 is 23.5 Å². The van der Waals surface area contributed by atoms with E-state index in [0.29, 0.717) is 14.9 Å². The van der Waals surface area contributed by atoms with Crippen LogP contribution in [0, 0.1) is 17.8 Å². The second-order valence-electron chi connectivity index (χ2n) is 4.86. The molecule has 0 amide bonds. The van der Waals surface area contributed by atoms with Crippen LogP contribution in [0.2, 0.25) is 0 Å². The van der Waals surface area contributed by atoms with E-state index in [-0.39, 0.29) is 0 Å². The Hall–Kier alpha value is 0.370.